The second-order valence-corrected chi connectivity index (χ2v) is 6.97. The first-order chi connectivity index (χ1) is 9.11. The van der Waals surface area contributed by atoms with Crippen LogP contribution in [0.5, 0.6) is 5.75 Å². The molecular formula is C13H12IN3OS. The summed E-state index contributed by atoms with van der Waals surface area (Å²) in [7, 11) is 1.90. The number of aromatic nitrogens is 2. The Morgan fingerprint density at radius 1 is 1.58 bits per heavy atom. The molecule has 0 N–H and O–H groups in total. The Balaban J connectivity index is 2.14. The van der Waals surface area contributed by atoms with Gasteiger partial charge in [-0.05, 0) is 42.4 Å². The van der Waals surface area contributed by atoms with Crippen LogP contribution in [-0.4, -0.2) is 15.9 Å². The molecule has 6 heteroatoms. The summed E-state index contributed by atoms with van der Waals surface area (Å²) < 4.78 is 8.76. The first-order valence-corrected chi connectivity index (χ1v) is 7.89. The van der Waals surface area contributed by atoms with Crippen molar-refractivity contribution in [3.63, 3.8) is 0 Å². The lowest BCUT2D eigenvalue weighted by molar-refractivity contribution is 0.302. The molecule has 19 heavy (non-hydrogen) atoms. The summed E-state index contributed by atoms with van der Waals surface area (Å²) in [5.74, 6) is 0.766. The van der Waals surface area contributed by atoms with Gasteiger partial charge in [0.05, 0.1) is 26.4 Å². The molecule has 0 radical (unpaired) electrons. The zero-order valence-electron chi connectivity index (χ0n) is 10.6. The lowest BCUT2D eigenvalue weighted by Gasteiger charge is -2.04. The van der Waals surface area contributed by atoms with Crippen molar-refractivity contribution in [3.8, 4) is 22.4 Å². The van der Waals surface area contributed by atoms with E-state index in [1.165, 1.54) is 0 Å². The Morgan fingerprint density at radius 2 is 2.32 bits per heavy atom. The Morgan fingerprint density at radius 3 is 2.84 bits per heavy atom. The molecule has 2 heterocycles. The van der Waals surface area contributed by atoms with Gasteiger partial charge in [-0.1, -0.05) is 0 Å². The van der Waals surface area contributed by atoms with Gasteiger partial charge in [-0.25, -0.2) is 0 Å². The second-order valence-electron chi connectivity index (χ2n) is 4.59. The van der Waals surface area contributed by atoms with E-state index in [9.17, 15) is 5.26 Å². The highest BCUT2D eigenvalue weighted by molar-refractivity contribution is 14.1. The number of nitrogens with zero attached hydrogens (tertiary/aromatic N) is 3. The fraction of sp³-hybridized carbons (Fsp3) is 0.385. The van der Waals surface area contributed by atoms with Crippen LogP contribution in [0.15, 0.2) is 6.20 Å². The minimum Gasteiger partial charge on any atom is -0.488 e. The fourth-order valence-corrected chi connectivity index (χ4v) is 4.01. The van der Waals surface area contributed by atoms with Gasteiger partial charge in [-0.15, -0.1) is 11.3 Å². The maximum Gasteiger partial charge on any atom is 0.151 e. The largest absolute Gasteiger partial charge is 0.488 e. The second kappa shape index (κ2) is 4.80. The van der Waals surface area contributed by atoms with Gasteiger partial charge in [-0.2, -0.15) is 10.4 Å². The highest BCUT2D eigenvalue weighted by Gasteiger charge is 2.29. The van der Waals surface area contributed by atoms with Crippen LogP contribution in [0.25, 0.3) is 10.6 Å². The average molecular weight is 385 g/mol. The SMILES string of the molecule is Cc1sc(-c2c(I)cnn2C)c(C#N)c1OC1CC1. The third-order valence-corrected chi connectivity index (χ3v) is 4.94. The molecule has 1 fully saturated rings. The van der Waals surface area contributed by atoms with Crippen molar-refractivity contribution >= 4 is 33.9 Å². The molecule has 0 aliphatic heterocycles. The van der Waals surface area contributed by atoms with Crippen molar-refractivity contribution in [1.29, 1.82) is 5.26 Å². The van der Waals surface area contributed by atoms with E-state index >= 15 is 0 Å². The van der Waals surface area contributed by atoms with Crippen LogP contribution in [0.1, 0.15) is 23.3 Å². The molecule has 0 unspecified atom stereocenters. The predicted octanol–water partition coefficient (Wildman–Crippen LogP) is 3.47. The molecule has 2 aromatic heterocycles. The van der Waals surface area contributed by atoms with Gasteiger partial charge in [-0.3, -0.25) is 4.68 Å². The summed E-state index contributed by atoms with van der Waals surface area (Å²) in [6.45, 7) is 2.01. The molecule has 0 saturated heterocycles. The summed E-state index contributed by atoms with van der Waals surface area (Å²) >= 11 is 3.86. The summed E-state index contributed by atoms with van der Waals surface area (Å²) in [5.41, 5.74) is 1.65. The first-order valence-electron chi connectivity index (χ1n) is 5.99. The molecule has 0 bridgehead atoms. The molecule has 3 rings (SSSR count). The van der Waals surface area contributed by atoms with Crippen LogP contribution in [0.3, 0.4) is 0 Å². The fourth-order valence-electron chi connectivity index (χ4n) is 1.96. The molecule has 98 valence electrons. The molecule has 1 aliphatic rings. The van der Waals surface area contributed by atoms with Gasteiger partial charge < -0.3 is 4.74 Å². The molecular weight excluding hydrogens is 373 g/mol. The maximum atomic E-state index is 9.47. The summed E-state index contributed by atoms with van der Waals surface area (Å²) in [5, 5.41) is 13.7. The number of hydrogen-bond donors (Lipinski definition) is 0. The van der Waals surface area contributed by atoms with Gasteiger partial charge in [0, 0.05) is 11.9 Å². The number of halogens is 1. The van der Waals surface area contributed by atoms with Crippen LogP contribution in [0.4, 0.5) is 0 Å². The van der Waals surface area contributed by atoms with E-state index in [0.717, 1.165) is 37.6 Å². The Labute approximate surface area is 129 Å². The first kappa shape index (κ1) is 12.9. The number of hydrogen-bond acceptors (Lipinski definition) is 4. The standard InChI is InChI=1S/C13H12IN3OS/c1-7-12(18-8-3-4-8)9(5-15)13(19-7)11-10(14)6-16-17(11)2/h6,8H,3-4H2,1-2H3. The molecule has 0 aromatic carbocycles. The highest BCUT2D eigenvalue weighted by Crippen LogP contribution is 2.44. The number of aryl methyl sites for hydroxylation is 2. The van der Waals surface area contributed by atoms with Gasteiger partial charge >= 0.3 is 0 Å². The monoisotopic (exact) mass is 385 g/mol. The zero-order chi connectivity index (χ0) is 13.6. The number of thiophene rings is 1. The Kier molecular flexibility index (Phi) is 3.27. The van der Waals surface area contributed by atoms with Gasteiger partial charge in [0.2, 0.25) is 0 Å². The average Bonchev–Trinajstić information content (AvgIpc) is 3.06. The quantitative estimate of drug-likeness (QED) is 0.761. The van der Waals surface area contributed by atoms with Gasteiger partial charge in [0.15, 0.2) is 5.75 Å². The molecule has 1 saturated carbocycles. The van der Waals surface area contributed by atoms with E-state index in [2.05, 4.69) is 33.8 Å². The van der Waals surface area contributed by atoms with Crippen molar-refractivity contribution in [2.45, 2.75) is 25.9 Å². The normalized spacial score (nSPS) is 14.4. The molecule has 1 aliphatic carbocycles. The van der Waals surface area contributed by atoms with E-state index in [0.29, 0.717) is 11.7 Å². The number of nitriles is 1. The minimum atomic E-state index is 0.304. The van der Waals surface area contributed by atoms with Crippen molar-refractivity contribution in [2.24, 2.45) is 7.05 Å². The lowest BCUT2D eigenvalue weighted by atomic mass is 10.2. The summed E-state index contributed by atoms with van der Waals surface area (Å²) in [6.07, 6.45) is 4.31. The van der Waals surface area contributed by atoms with Crippen LogP contribution in [-0.2, 0) is 7.05 Å². The van der Waals surface area contributed by atoms with Crippen molar-refractivity contribution < 1.29 is 4.74 Å². The maximum absolute atomic E-state index is 9.47. The van der Waals surface area contributed by atoms with Crippen molar-refractivity contribution in [3.05, 3.63) is 20.2 Å². The predicted molar refractivity (Wildman–Crippen MR) is 82.3 cm³/mol. The minimum absolute atomic E-state index is 0.304. The van der Waals surface area contributed by atoms with Crippen molar-refractivity contribution in [1.82, 2.24) is 9.78 Å². The molecule has 0 spiro atoms. The number of ether oxygens (including phenoxy) is 1. The molecule has 4 nitrogen and oxygen atoms in total. The molecule has 0 amide bonds. The highest BCUT2D eigenvalue weighted by atomic mass is 127. The van der Waals surface area contributed by atoms with Gasteiger partial charge in [0.1, 0.15) is 11.6 Å². The van der Waals surface area contributed by atoms with E-state index in [1.807, 2.05) is 24.9 Å². The Bertz CT molecular complexity index is 659. The third kappa shape index (κ3) is 2.25. The number of rotatable bonds is 3. The zero-order valence-corrected chi connectivity index (χ0v) is 13.6. The van der Waals surface area contributed by atoms with Crippen LogP contribution in [0, 0.1) is 21.8 Å². The molecule has 2 aromatic rings. The van der Waals surface area contributed by atoms with Crippen molar-refractivity contribution in [2.75, 3.05) is 0 Å². The van der Waals surface area contributed by atoms with E-state index in [1.54, 1.807) is 11.3 Å². The third-order valence-electron chi connectivity index (χ3n) is 3.06. The van der Waals surface area contributed by atoms with Gasteiger partial charge in [0.25, 0.3) is 0 Å². The van der Waals surface area contributed by atoms with Crippen LogP contribution < -0.4 is 4.74 Å². The van der Waals surface area contributed by atoms with E-state index in [-0.39, 0.29) is 0 Å². The van der Waals surface area contributed by atoms with E-state index in [4.69, 9.17) is 4.74 Å². The topological polar surface area (TPSA) is 50.8 Å². The molecule has 0 atom stereocenters. The summed E-state index contributed by atoms with van der Waals surface area (Å²) in [6, 6.07) is 2.30. The Hall–Kier alpha value is -1.07. The van der Waals surface area contributed by atoms with E-state index < -0.39 is 0 Å². The lowest BCUT2D eigenvalue weighted by Crippen LogP contribution is -1.98. The van der Waals surface area contributed by atoms with Crippen LogP contribution >= 0.6 is 33.9 Å². The van der Waals surface area contributed by atoms with Crippen LogP contribution in [0.2, 0.25) is 0 Å². The smallest absolute Gasteiger partial charge is 0.151 e. The summed E-state index contributed by atoms with van der Waals surface area (Å²) in [4.78, 5) is 2.02.